The lowest BCUT2D eigenvalue weighted by Crippen LogP contribution is -2.53. The Morgan fingerprint density at radius 3 is 2.58 bits per heavy atom. The third-order valence-electron chi connectivity index (χ3n) is 5.64. The van der Waals surface area contributed by atoms with E-state index in [0.29, 0.717) is 19.4 Å². The van der Waals surface area contributed by atoms with Crippen LogP contribution < -0.4 is 10.6 Å². The maximum absolute atomic E-state index is 13.2. The van der Waals surface area contributed by atoms with Crippen LogP contribution in [0, 0.1) is 17.7 Å². The molecule has 1 aromatic carbocycles. The highest BCUT2D eigenvalue weighted by Gasteiger charge is 2.35. The third-order valence-corrected chi connectivity index (χ3v) is 7.52. The lowest BCUT2D eigenvalue weighted by molar-refractivity contribution is -0.132. The lowest BCUT2D eigenvalue weighted by atomic mass is 9.96. The first-order valence-electron chi connectivity index (χ1n) is 10.9. The van der Waals surface area contributed by atoms with E-state index in [9.17, 15) is 22.4 Å². The number of aromatic nitrogens is 1. The van der Waals surface area contributed by atoms with Gasteiger partial charge in [0.1, 0.15) is 11.9 Å². The number of halogens is 1. The first-order chi connectivity index (χ1) is 15.7. The summed E-state index contributed by atoms with van der Waals surface area (Å²) in [7, 11) is -3.84. The molecule has 0 spiro atoms. The summed E-state index contributed by atoms with van der Waals surface area (Å²) in [6.07, 6.45) is 4.33. The summed E-state index contributed by atoms with van der Waals surface area (Å²) in [5.41, 5.74) is 0.841. The molecule has 2 aromatic rings. The number of benzene rings is 1. The van der Waals surface area contributed by atoms with E-state index in [0.717, 1.165) is 17.7 Å². The van der Waals surface area contributed by atoms with Gasteiger partial charge in [-0.1, -0.05) is 19.9 Å². The number of carbonyl (C=O) groups excluding carboxylic acids is 2. The first kappa shape index (κ1) is 24.8. The van der Waals surface area contributed by atoms with Gasteiger partial charge in [0.05, 0.1) is 10.8 Å². The van der Waals surface area contributed by atoms with E-state index in [-0.39, 0.29) is 35.7 Å². The van der Waals surface area contributed by atoms with Crippen LogP contribution in [-0.2, 0) is 26.2 Å². The summed E-state index contributed by atoms with van der Waals surface area (Å²) >= 11 is 0. The van der Waals surface area contributed by atoms with Crippen molar-refractivity contribution in [2.75, 3.05) is 13.1 Å². The topological polar surface area (TPSA) is 108 Å². The van der Waals surface area contributed by atoms with Crippen molar-refractivity contribution < 1.29 is 22.4 Å². The summed E-state index contributed by atoms with van der Waals surface area (Å²) in [5, 5.41) is 5.62. The minimum absolute atomic E-state index is 0.00760. The number of rotatable bonds is 8. The molecule has 2 heterocycles. The van der Waals surface area contributed by atoms with Crippen LogP contribution in [0.4, 0.5) is 4.39 Å². The van der Waals surface area contributed by atoms with Crippen LogP contribution >= 0.6 is 0 Å². The van der Waals surface area contributed by atoms with E-state index in [1.54, 1.807) is 18.5 Å². The van der Waals surface area contributed by atoms with Crippen LogP contribution in [0.15, 0.2) is 53.7 Å². The maximum atomic E-state index is 13.2. The molecule has 178 valence electrons. The first-order valence-corrected chi connectivity index (χ1v) is 12.3. The van der Waals surface area contributed by atoms with Gasteiger partial charge in [-0.25, -0.2) is 12.8 Å². The Kier molecular flexibility index (Phi) is 8.15. The molecule has 1 fully saturated rings. The van der Waals surface area contributed by atoms with Crippen molar-refractivity contribution in [3.63, 3.8) is 0 Å². The van der Waals surface area contributed by atoms with Gasteiger partial charge in [-0.2, -0.15) is 4.31 Å². The number of sulfonamides is 1. The largest absolute Gasteiger partial charge is 0.350 e. The zero-order valence-electron chi connectivity index (χ0n) is 18.7. The van der Waals surface area contributed by atoms with Crippen LogP contribution in [-0.4, -0.2) is 48.7 Å². The minimum atomic E-state index is -3.84. The van der Waals surface area contributed by atoms with Gasteiger partial charge in [-0.05, 0) is 54.7 Å². The molecular weight excluding hydrogens is 447 g/mol. The van der Waals surface area contributed by atoms with Crippen LogP contribution in [0.2, 0.25) is 0 Å². The monoisotopic (exact) mass is 476 g/mol. The Morgan fingerprint density at radius 2 is 1.94 bits per heavy atom. The summed E-state index contributed by atoms with van der Waals surface area (Å²) in [6.45, 7) is 4.25. The number of nitrogens with one attached hydrogen (secondary N) is 2. The molecule has 2 atom stereocenters. The normalized spacial score (nSPS) is 18.0. The standard InChI is InChI=1S/C23H29FN4O4S/c1-16(2)21(23(30)26-14-17-5-3-11-25-13-17)27-22(29)18-6-4-12-28(15-18)33(31,32)20-9-7-19(24)8-10-20/h3,5,7-11,13,16,18,21H,4,6,12,14-15H2,1-2H3,(H,26,30)(H,27,29)/t18?,21-/m0/s1. The van der Waals surface area contributed by atoms with E-state index in [1.807, 2.05) is 19.9 Å². The van der Waals surface area contributed by atoms with E-state index in [2.05, 4.69) is 15.6 Å². The Balaban J connectivity index is 1.63. The molecule has 1 unspecified atom stereocenters. The average Bonchev–Trinajstić information content (AvgIpc) is 2.81. The number of carbonyl (C=O) groups is 2. The molecule has 0 saturated carbocycles. The summed E-state index contributed by atoms with van der Waals surface area (Å²) < 4.78 is 40.3. The van der Waals surface area contributed by atoms with Crippen LogP contribution in [0.1, 0.15) is 32.3 Å². The van der Waals surface area contributed by atoms with E-state index >= 15 is 0 Å². The Bertz CT molecular complexity index is 1060. The zero-order valence-corrected chi connectivity index (χ0v) is 19.5. The lowest BCUT2D eigenvalue weighted by Gasteiger charge is -2.32. The van der Waals surface area contributed by atoms with Crippen LogP contribution in [0.25, 0.3) is 0 Å². The molecule has 1 saturated heterocycles. The quantitative estimate of drug-likeness (QED) is 0.607. The molecule has 0 aliphatic carbocycles. The Morgan fingerprint density at radius 1 is 1.21 bits per heavy atom. The van der Waals surface area contributed by atoms with Gasteiger partial charge >= 0.3 is 0 Å². The van der Waals surface area contributed by atoms with E-state index < -0.39 is 27.8 Å². The van der Waals surface area contributed by atoms with Crippen LogP contribution in [0.5, 0.6) is 0 Å². The fourth-order valence-corrected chi connectivity index (χ4v) is 5.26. The maximum Gasteiger partial charge on any atom is 0.243 e. The molecule has 10 heteroatoms. The van der Waals surface area contributed by atoms with Crippen molar-refractivity contribution in [1.29, 1.82) is 0 Å². The molecule has 1 aliphatic rings. The predicted molar refractivity (Wildman–Crippen MR) is 121 cm³/mol. The van der Waals surface area contributed by atoms with Crippen molar-refractivity contribution >= 4 is 21.8 Å². The van der Waals surface area contributed by atoms with E-state index in [1.165, 1.54) is 16.4 Å². The second-order valence-corrected chi connectivity index (χ2v) is 10.4. The van der Waals surface area contributed by atoms with Crippen molar-refractivity contribution in [3.05, 3.63) is 60.2 Å². The predicted octanol–water partition coefficient (Wildman–Crippen LogP) is 2.08. The number of hydrogen-bond donors (Lipinski definition) is 2. The van der Waals surface area contributed by atoms with Crippen molar-refractivity contribution in [3.8, 4) is 0 Å². The number of hydrogen-bond acceptors (Lipinski definition) is 5. The molecule has 1 aliphatic heterocycles. The highest BCUT2D eigenvalue weighted by atomic mass is 32.2. The molecule has 0 radical (unpaired) electrons. The number of pyridine rings is 1. The summed E-state index contributed by atoms with van der Waals surface area (Å²) in [4.78, 5) is 29.7. The Hall–Kier alpha value is -2.85. The minimum Gasteiger partial charge on any atom is -0.350 e. The van der Waals surface area contributed by atoms with Crippen molar-refractivity contribution in [2.45, 2.75) is 44.2 Å². The van der Waals surface area contributed by atoms with Gasteiger partial charge in [0, 0.05) is 32.0 Å². The Labute approximate surface area is 193 Å². The number of piperidine rings is 1. The van der Waals surface area contributed by atoms with Gasteiger partial charge in [0.25, 0.3) is 0 Å². The molecular formula is C23H29FN4O4S. The highest BCUT2D eigenvalue weighted by molar-refractivity contribution is 7.89. The molecule has 3 rings (SSSR count). The van der Waals surface area contributed by atoms with Crippen molar-refractivity contribution in [2.24, 2.45) is 11.8 Å². The molecule has 8 nitrogen and oxygen atoms in total. The summed E-state index contributed by atoms with van der Waals surface area (Å²) in [6, 6.07) is 7.49. The third kappa shape index (κ3) is 6.35. The SMILES string of the molecule is CC(C)[C@H](NC(=O)C1CCCN(S(=O)(=O)c2ccc(F)cc2)C1)C(=O)NCc1cccnc1. The summed E-state index contributed by atoms with van der Waals surface area (Å²) in [5.74, 6) is -1.93. The number of amides is 2. The highest BCUT2D eigenvalue weighted by Crippen LogP contribution is 2.24. The van der Waals surface area contributed by atoms with Crippen molar-refractivity contribution in [1.82, 2.24) is 19.9 Å². The average molecular weight is 477 g/mol. The fraction of sp³-hybridized carbons (Fsp3) is 0.435. The second-order valence-electron chi connectivity index (χ2n) is 8.47. The molecule has 2 N–H and O–H groups in total. The van der Waals surface area contributed by atoms with Crippen LogP contribution in [0.3, 0.4) is 0 Å². The van der Waals surface area contributed by atoms with Gasteiger partial charge in [-0.3, -0.25) is 14.6 Å². The molecule has 1 aromatic heterocycles. The van der Waals surface area contributed by atoms with E-state index in [4.69, 9.17) is 0 Å². The zero-order chi connectivity index (χ0) is 24.0. The smallest absolute Gasteiger partial charge is 0.243 e. The van der Waals surface area contributed by atoms with Gasteiger partial charge in [0.15, 0.2) is 0 Å². The number of nitrogens with zero attached hydrogens (tertiary/aromatic N) is 2. The second kappa shape index (κ2) is 10.8. The van der Waals surface area contributed by atoms with Gasteiger partial charge in [-0.15, -0.1) is 0 Å². The molecule has 0 bridgehead atoms. The molecule has 33 heavy (non-hydrogen) atoms. The van der Waals surface area contributed by atoms with Gasteiger partial charge in [0.2, 0.25) is 21.8 Å². The fourth-order valence-electron chi connectivity index (χ4n) is 3.74. The molecule has 2 amide bonds. The van der Waals surface area contributed by atoms with Gasteiger partial charge < -0.3 is 10.6 Å².